The number of carbonyl (C=O) groups is 1. The number of hydrogen-bond acceptors (Lipinski definition) is 3. The molecule has 0 aromatic heterocycles. The molecule has 0 aliphatic rings. The van der Waals surface area contributed by atoms with E-state index in [4.69, 9.17) is 22.1 Å². The molecule has 1 aromatic rings. The first-order valence-corrected chi connectivity index (χ1v) is 6.78. The number of rotatable bonds is 6. The van der Waals surface area contributed by atoms with Crippen LogP contribution in [0.25, 0.3) is 0 Å². The molecular weight excluding hydrogens is 264 g/mol. The molecule has 0 radical (unpaired) electrons. The summed E-state index contributed by atoms with van der Waals surface area (Å²) >= 11 is 6.07. The minimum atomic E-state index is -0.564. The predicted octanol–water partition coefficient (Wildman–Crippen LogP) is 3.05. The Morgan fingerprint density at radius 3 is 2.63 bits per heavy atom. The van der Waals surface area contributed by atoms with Crippen molar-refractivity contribution in [3.05, 3.63) is 23.2 Å². The Labute approximate surface area is 119 Å². The smallest absolute Gasteiger partial charge is 0.231 e. The van der Waals surface area contributed by atoms with Crippen molar-refractivity contribution < 1.29 is 9.53 Å². The Bertz CT molecular complexity index is 445. The molecule has 5 heteroatoms. The third-order valence-corrected chi connectivity index (χ3v) is 3.56. The van der Waals surface area contributed by atoms with Gasteiger partial charge in [-0.2, -0.15) is 0 Å². The van der Waals surface area contributed by atoms with Gasteiger partial charge in [-0.25, -0.2) is 0 Å². The van der Waals surface area contributed by atoms with Crippen LogP contribution in [0.1, 0.15) is 27.2 Å². The zero-order valence-corrected chi connectivity index (χ0v) is 12.4. The molecule has 0 spiro atoms. The number of nitrogens with two attached hydrogens (primary N) is 1. The molecule has 1 amide bonds. The van der Waals surface area contributed by atoms with Crippen LogP contribution in [-0.4, -0.2) is 19.1 Å². The van der Waals surface area contributed by atoms with Gasteiger partial charge >= 0.3 is 0 Å². The largest absolute Gasteiger partial charge is 0.492 e. The average molecular weight is 285 g/mol. The van der Waals surface area contributed by atoms with E-state index in [-0.39, 0.29) is 5.91 Å². The van der Waals surface area contributed by atoms with Crippen LogP contribution in [0.2, 0.25) is 5.02 Å². The van der Waals surface area contributed by atoms with Gasteiger partial charge in [-0.15, -0.1) is 0 Å². The van der Waals surface area contributed by atoms with Crippen molar-refractivity contribution >= 4 is 23.2 Å². The highest BCUT2D eigenvalue weighted by Crippen LogP contribution is 2.29. The lowest BCUT2D eigenvalue weighted by Gasteiger charge is -2.25. The second kappa shape index (κ2) is 6.78. The Hall–Kier alpha value is -1.26. The van der Waals surface area contributed by atoms with Crippen molar-refractivity contribution in [2.75, 3.05) is 18.5 Å². The topological polar surface area (TPSA) is 64.3 Å². The highest BCUT2D eigenvalue weighted by Gasteiger charge is 2.29. The summed E-state index contributed by atoms with van der Waals surface area (Å²) in [4.78, 5) is 12.2. The van der Waals surface area contributed by atoms with Crippen molar-refractivity contribution in [2.45, 2.75) is 27.2 Å². The highest BCUT2D eigenvalue weighted by atomic mass is 35.5. The van der Waals surface area contributed by atoms with Crippen LogP contribution >= 0.6 is 11.6 Å². The van der Waals surface area contributed by atoms with Crippen LogP contribution in [0, 0.1) is 5.41 Å². The molecule has 3 N–H and O–H groups in total. The van der Waals surface area contributed by atoms with Gasteiger partial charge in [0.2, 0.25) is 5.91 Å². The summed E-state index contributed by atoms with van der Waals surface area (Å²) in [6.45, 7) is 6.53. The number of halogens is 1. The van der Waals surface area contributed by atoms with E-state index in [1.54, 1.807) is 18.2 Å². The van der Waals surface area contributed by atoms with E-state index >= 15 is 0 Å². The molecule has 1 atom stereocenters. The Balaban J connectivity index is 2.83. The molecule has 1 unspecified atom stereocenters. The normalized spacial score (nSPS) is 13.7. The van der Waals surface area contributed by atoms with Crippen LogP contribution in [0.5, 0.6) is 5.75 Å². The fraction of sp³-hybridized carbons (Fsp3) is 0.500. The summed E-state index contributed by atoms with van der Waals surface area (Å²) in [5.74, 6) is 0.511. The van der Waals surface area contributed by atoms with Gasteiger partial charge in [-0.05, 0) is 38.5 Å². The van der Waals surface area contributed by atoms with Gasteiger partial charge in [0, 0.05) is 12.2 Å². The van der Waals surface area contributed by atoms with Gasteiger partial charge in [-0.1, -0.05) is 18.5 Å². The molecule has 0 aliphatic heterocycles. The van der Waals surface area contributed by atoms with Crippen molar-refractivity contribution in [3.8, 4) is 5.75 Å². The number of ether oxygens (including phenoxy) is 1. The molecule has 0 bridgehead atoms. The third kappa shape index (κ3) is 3.85. The Morgan fingerprint density at radius 2 is 2.16 bits per heavy atom. The molecule has 0 heterocycles. The Morgan fingerprint density at radius 1 is 1.47 bits per heavy atom. The minimum absolute atomic E-state index is 0.0993. The maximum atomic E-state index is 12.2. The van der Waals surface area contributed by atoms with E-state index in [2.05, 4.69) is 5.32 Å². The lowest BCUT2D eigenvalue weighted by Crippen LogP contribution is -2.39. The standard InChI is InChI=1S/C14H21ClN2O2/c1-4-14(3,9-16)13(18)17-10-6-7-12(19-5-2)11(15)8-10/h6-8H,4-5,9,16H2,1-3H3,(H,17,18). The van der Waals surface area contributed by atoms with Gasteiger partial charge in [-0.3, -0.25) is 4.79 Å². The molecule has 106 valence electrons. The first-order chi connectivity index (χ1) is 8.96. The van der Waals surface area contributed by atoms with E-state index in [0.717, 1.165) is 0 Å². The van der Waals surface area contributed by atoms with Crippen LogP contribution in [0.3, 0.4) is 0 Å². The van der Waals surface area contributed by atoms with E-state index in [1.165, 1.54) is 0 Å². The molecule has 1 aromatic carbocycles. The first kappa shape index (κ1) is 15.8. The van der Waals surface area contributed by atoms with Crippen molar-refractivity contribution in [1.29, 1.82) is 0 Å². The van der Waals surface area contributed by atoms with Crippen molar-refractivity contribution in [1.82, 2.24) is 0 Å². The van der Waals surface area contributed by atoms with Gasteiger partial charge in [0.05, 0.1) is 17.0 Å². The van der Waals surface area contributed by atoms with Crippen LogP contribution in [0.15, 0.2) is 18.2 Å². The summed E-state index contributed by atoms with van der Waals surface area (Å²) in [7, 11) is 0. The lowest BCUT2D eigenvalue weighted by atomic mass is 9.86. The number of carbonyl (C=O) groups excluding carboxylic acids is 1. The zero-order chi connectivity index (χ0) is 14.5. The van der Waals surface area contributed by atoms with Gasteiger partial charge in [0.15, 0.2) is 0 Å². The van der Waals surface area contributed by atoms with Crippen molar-refractivity contribution in [3.63, 3.8) is 0 Å². The summed E-state index contributed by atoms with van der Waals surface area (Å²) in [5.41, 5.74) is 5.74. The molecule has 0 aliphatic carbocycles. The molecule has 0 saturated carbocycles. The summed E-state index contributed by atoms with van der Waals surface area (Å²) < 4.78 is 5.34. The highest BCUT2D eigenvalue weighted by molar-refractivity contribution is 6.32. The summed E-state index contributed by atoms with van der Waals surface area (Å²) in [6.07, 6.45) is 0.681. The third-order valence-electron chi connectivity index (χ3n) is 3.27. The van der Waals surface area contributed by atoms with E-state index in [1.807, 2.05) is 20.8 Å². The van der Waals surface area contributed by atoms with E-state index in [9.17, 15) is 4.79 Å². The second-order valence-corrected chi connectivity index (χ2v) is 5.06. The molecule has 1 rings (SSSR count). The number of nitrogens with one attached hydrogen (secondary N) is 1. The number of benzene rings is 1. The second-order valence-electron chi connectivity index (χ2n) is 4.65. The van der Waals surface area contributed by atoms with E-state index in [0.29, 0.717) is 36.0 Å². The van der Waals surface area contributed by atoms with E-state index < -0.39 is 5.41 Å². The zero-order valence-electron chi connectivity index (χ0n) is 11.6. The molecule has 0 saturated heterocycles. The number of amides is 1. The van der Waals surface area contributed by atoms with Gasteiger partial charge in [0.25, 0.3) is 0 Å². The molecular formula is C14H21ClN2O2. The summed E-state index contributed by atoms with van der Waals surface area (Å²) in [6, 6.07) is 5.19. The SMILES string of the molecule is CCOc1ccc(NC(=O)C(C)(CC)CN)cc1Cl. The first-order valence-electron chi connectivity index (χ1n) is 6.40. The fourth-order valence-electron chi connectivity index (χ4n) is 1.53. The van der Waals surface area contributed by atoms with Gasteiger partial charge < -0.3 is 15.8 Å². The molecule has 19 heavy (non-hydrogen) atoms. The average Bonchev–Trinajstić information content (AvgIpc) is 2.41. The Kier molecular flexibility index (Phi) is 5.63. The lowest BCUT2D eigenvalue weighted by molar-refractivity contribution is -0.124. The predicted molar refractivity (Wildman–Crippen MR) is 78.7 cm³/mol. The number of hydrogen-bond donors (Lipinski definition) is 2. The molecule has 4 nitrogen and oxygen atoms in total. The quantitative estimate of drug-likeness (QED) is 0.844. The summed E-state index contributed by atoms with van der Waals surface area (Å²) in [5, 5.41) is 3.31. The monoisotopic (exact) mass is 284 g/mol. The van der Waals surface area contributed by atoms with Gasteiger partial charge in [0.1, 0.15) is 5.75 Å². The maximum Gasteiger partial charge on any atom is 0.231 e. The van der Waals surface area contributed by atoms with Crippen LogP contribution in [0.4, 0.5) is 5.69 Å². The molecule has 0 fully saturated rings. The minimum Gasteiger partial charge on any atom is -0.492 e. The van der Waals surface area contributed by atoms with Crippen molar-refractivity contribution in [2.24, 2.45) is 11.1 Å². The number of anilines is 1. The maximum absolute atomic E-state index is 12.2. The fourth-order valence-corrected chi connectivity index (χ4v) is 1.77. The van der Waals surface area contributed by atoms with Crippen LogP contribution in [-0.2, 0) is 4.79 Å². The van der Waals surface area contributed by atoms with Crippen LogP contribution < -0.4 is 15.8 Å².